The number of halogens is 1. The molecule has 0 amide bonds. The van der Waals surface area contributed by atoms with Crippen LogP contribution in [0.3, 0.4) is 0 Å². The fourth-order valence-electron chi connectivity index (χ4n) is 3.34. The van der Waals surface area contributed by atoms with Crippen LogP contribution in [-0.2, 0) is 14.8 Å². The van der Waals surface area contributed by atoms with E-state index in [-0.39, 0.29) is 22.3 Å². The van der Waals surface area contributed by atoms with E-state index in [9.17, 15) is 12.8 Å². The van der Waals surface area contributed by atoms with E-state index in [1.807, 2.05) is 0 Å². The van der Waals surface area contributed by atoms with Gasteiger partial charge < -0.3 is 9.47 Å². The second kappa shape index (κ2) is 8.37. The predicted molar refractivity (Wildman–Crippen MR) is 102 cm³/mol. The lowest BCUT2D eigenvalue weighted by atomic mass is 10.0. The Hall–Kier alpha value is -1.96. The zero-order chi connectivity index (χ0) is 19.4. The SMILES string of the molecule is CCN(CC1CCCO1)S(=O)(=O)c1ccccc1-c1cccc(OC)c1F. The van der Waals surface area contributed by atoms with Crippen molar-refractivity contribution < 1.29 is 22.3 Å². The lowest BCUT2D eigenvalue weighted by Crippen LogP contribution is -2.37. The molecule has 1 atom stereocenters. The van der Waals surface area contributed by atoms with Gasteiger partial charge in [-0.15, -0.1) is 0 Å². The largest absolute Gasteiger partial charge is 0.494 e. The number of sulfonamides is 1. The molecule has 5 nitrogen and oxygen atoms in total. The minimum Gasteiger partial charge on any atom is -0.494 e. The summed E-state index contributed by atoms with van der Waals surface area (Å²) < 4.78 is 53.5. The van der Waals surface area contributed by atoms with Gasteiger partial charge >= 0.3 is 0 Å². The summed E-state index contributed by atoms with van der Waals surface area (Å²) in [5, 5.41) is 0. The predicted octanol–water partition coefficient (Wildman–Crippen LogP) is 3.69. The molecule has 27 heavy (non-hydrogen) atoms. The third-order valence-electron chi connectivity index (χ3n) is 4.76. The van der Waals surface area contributed by atoms with E-state index in [0.717, 1.165) is 12.8 Å². The molecule has 0 radical (unpaired) electrons. The number of rotatable bonds is 7. The Morgan fingerprint density at radius 3 is 2.59 bits per heavy atom. The average molecular weight is 393 g/mol. The van der Waals surface area contributed by atoms with Gasteiger partial charge in [0, 0.05) is 30.8 Å². The first-order valence-corrected chi connectivity index (χ1v) is 10.5. The summed E-state index contributed by atoms with van der Waals surface area (Å²) in [5.41, 5.74) is 0.515. The minimum absolute atomic E-state index is 0.0754. The third kappa shape index (κ3) is 4.00. The molecule has 1 fully saturated rings. The Morgan fingerprint density at radius 1 is 1.19 bits per heavy atom. The Kier molecular flexibility index (Phi) is 6.14. The molecule has 1 aliphatic rings. The lowest BCUT2D eigenvalue weighted by molar-refractivity contribution is 0.0947. The molecule has 0 saturated carbocycles. The quantitative estimate of drug-likeness (QED) is 0.720. The highest BCUT2D eigenvalue weighted by atomic mass is 32.2. The molecule has 1 unspecified atom stereocenters. The van der Waals surface area contributed by atoms with Crippen LogP contribution in [0.15, 0.2) is 47.4 Å². The highest BCUT2D eigenvalue weighted by Crippen LogP contribution is 2.34. The molecule has 7 heteroatoms. The van der Waals surface area contributed by atoms with Crippen LogP contribution in [0.25, 0.3) is 11.1 Å². The molecule has 3 rings (SSSR count). The van der Waals surface area contributed by atoms with Crippen molar-refractivity contribution in [2.45, 2.75) is 30.8 Å². The first-order valence-electron chi connectivity index (χ1n) is 9.02. The van der Waals surface area contributed by atoms with E-state index in [0.29, 0.717) is 25.3 Å². The fourth-order valence-corrected chi connectivity index (χ4v) is 5.03. The summed E-state index contributed by atoms with van der Waals surface area (Å²) in [7, 11) is -2.43. The van der Waals surface area contributed by atoms with Gasteiger partial charge in [0.15, 0.2) is 11.6 Å². The van der Waals surface area contributed by atoms with Crippen LogP contribution in [0, 0.1) is 5.82 Å². The Morgan fingerprint density at radius 2 is 1.93 bits per heavy atom. The van der Waals surface area contributed by atoms with Gasteiger partial charge in [0.05, 0.1) is 18.1 Å². The second-order valence-electron chi connectivity index (χ2n) is 6.41. The zero-order valence-corrected chi connectivity index (χ0v) is 16.3. The Bertz CT molecular complexity index is 895. The molecule has 146 valence electrons. The van der Waals surface area contributed by atoms with Gasteiger partial charge in [-0.1, -0.05) is 37.3 Å². The van der Waals surface area contributed by atoms with Crippen LogP contribution in [-0.4, -0.2) is 45.6 Å². The first-order chi connectivity index (χ1) is 13.0. The molecule has 0 spiro atoms. The summed E-state index contributed by atoms with van der Waals surface area (Å²) in [6.45, 7) is 3.07. The van der Waals surface area contributed by atoms with E-state index < -0.39 is 15.8 Å². The fraction of sp³-hybridized carbons (Fsp3) is 0.400. The molecule has 1 aliphatic heterocycles. The van der Waals surface area contributed by atoms with Crippen molar-refractivity contribution in [3.8, 4) is 16.9 Å². The monoisotopic (exact) mass is 393 g/mol. The maximum absolute atomic E-state index is 14.8. The van der Waals surface area contributed by atoms with Gasteiger partial charge in [-0.3, -0.25) is 0 Å². The normalized spacial score (nSPS) is 17.4. The van der Waals surface area contributed by atoms with Gasteiger partial charge in [-0.25, -0.2) is 12.8 Å². The highest BCUT2D eigenvalue weighted by molar-refractivity contribution is 7.89. The van der Waals surface area contributed by atoms with Crippen molar-refractivity contribution in [2.24, 2.45) is 0 Å². The molecule has 0 aliphatic carbocycles. The lowest BCUT2D eigenvalue weighted by Gasteiger charge is -2.24. The van der Waals surface area contributed by atoms with Crippen LogP contribution in [0.5, 0.6) is 5.75 Å². The number of nitrogens with zero attached hydrogens (tertiary/aromatic N) is 1. The maximum Gasteiger partial charge on any atom is 0.243 e. The van der Waals surface area contributed by atoms with Crippen LogP contribution >= 0.6 is 0 Å². The second-order valence-corrected chi connectivity index (χ2v) is 8.32. The van der Waals surface area contributed by atoms with Crippen LogP contribution in [0.4, 0.5) is 4.39 Å². The van der Waals surface area contributed by atoms with Crippen LogP contribution in [0.2, 0.25) is 0 Å². The van der Waals surface area contributed by atoms with Gasteiger partial charge in [0.25, 0.3) is 0 Å². The van der Waals surface area contributed by atoms with Gasteiger partial charge in [-0.2, -0.15) is 4.31 Å². The number of benzene rings is 2. The Balaban J connectivity index is 2.04. The standard InChI is InChI=1S/C20H24FNO4S/c1-3-22(14-15-8-7-13-26-15)27(23,24)19-12-5-4-9-16(19)17-10-6-11-18(25-2)20(17)21/h4-6,9-12,15H,3,7-8,13-14H2,1-2H3. The van der Waals surface area contributed by atoms with Crippen molar-refractivity contribution in [3.63, 3.8) is 0 Å². The maximum atomic E-state index is 14.8. The summed E-state index contributed by atoms with van der Waals surface area (Å²) in [4.78, 5) is 0.0806. The minimum atomic E-state index is -3.81. The van der Waals surface area contributed by atoms with Crippen molar-refractivity contribution in [1.29, 1.82) is 0 Å². The van der Waals surface area contributed by atoms with E-state index in [4.69, 9.17) is 9.47 Å². The van der Waals surface area contributed by atoms with Crippen molar-refractivity contribution in [3.05, 3.63) is 48.3 Å². The summed E-state index contributed by atoms with van der Waals surface area (Å²) >= 11 is 0. The summed E-state index contributed by atoms with van der Waals surface area (Å²) in [6.07, 6.45) is 1.69. The van der Waals surface area contributed by atoms with Crippen LogP contribution in [0.1, 0.15) is 19.8 Å². The number of hydrogen-bond donors (Lipinski definition) is 0. The average Bonchev–Trinajstić information content (AvgIpc) is 3.19. The molecule has 0 aromatic heterocycles. The van der Waals surface area contributed by atoms with Crippen LogP contribution < -0.4 is 4.74 Å². The van der Waals surface area contributed by atoms with E-state index in [1.54, 1.807) is 37.3 Å². The van der Waals surface area contributed by atoms with Crippen molar-refractivity contribution in [1.82, 2.24) is 4.31 Å². The first kappa shape index (κ1) is 19.8. The summed E-state index contributed by atoms with van der Waals surface area (Å²) in [6, 6.07) is 11.2. The number of methoxy groups -OCH3 is 1. The van der Waals surface area contributed by atoms with E-state index in [1.165, 1.54) is 23.5 Å². The van der Waals surface area contributed by atoms with Gasteiger partial charge in [0.2, 0.25) is 10.0 Å². The highest BCUT2D eigenvalue weighted by Gasteiger charge is 2.30. The van der Waals surface area contributed by atoms with Crippen molar-refractivity contribution >= 4 is 10.0 Å². The molecule has 0 bridgehead atoms. The third-order valence-corrected chi connectivity index (χ3v) is 6.76. The molecule has 2 aromatic rings. The van der Waals surface area contributed by atoms with Crippen molar-refractivity contribution in [2.75, 3.05) is 26.8 Å². The molecule has 0 N–H and O–H groups in total. The van der Waals surface area contributed by atoms with E-state index in [2.05, 4.69) is 0 Å². The topological polar surface area (TPSA) is 55.8 Å². The van der Waals surface area contributed by atoms with Gasteiger partial charge in [0.1, 0.15) is 0 Å². The molecule has 1 saturated heterocycles. The molecule has 2 aromatic carbocycles. The molecule has 1 heterocycles. The number of ether oxygens (including phenoxy) is 2. The number of hydrogen-bond acceptors (Lipinski definition) is 4. The zero-order valence-electron chi connectivity index (χ0n) is 15.5. The smallest absolute Gasteiger partial charge is 0.243 e. The number of likely N-dealkylation sites (N-methyl/N-ethyl adjacent to an activating group) is 1. The van der Waals surface area contributed by atoms with Gasteiger partial charge in [-0.05, 0) is 25.0 Å². The molecular formula is C20H24FNO4S. The summed E-state index contributed by atoms with van der Waals surface area (Å²) in [5.74, 6) is -0.503. The van der Waals surface area contributed by atoms with E-state index >= 15 is 0 Å². The Labute approximate surface area is 159 Å². The molecular weight excluding hydrogens is 369 g/mol.